The van der Waals surface area contributed by atoms with Gasteiger partial charge in [0.25, 0.3) is 0 Å². The Labute approximate surface area is 112 Å². The number of hydrogen-bond acceptors (Lipinski definition) is 3. The SMILES string of the molecule is N=C(N)c1ccnc(Oc2ccc(F)cc2F)c1Cl. The van der Waals surface area contributed by atoms with Crippen LogP contribution in [-0.4, -0.2) is 10.8 Å². The van der Waals surface area contributed by atoms with Crippen LogP contribution in [0, 0.1) is 17.0 Å². The van der Waals surface area contributed by atoms with Crippen molar-refractivity contribution in [2.45, 2.75) is 0 Å². The third-order valence-electron chi connectivity index (χ3n) is 2.25. The molecule has 0 atom stereocenters. The molecule has 2 rings (SSSR count). The van der Waals surface area contributed by atoms with Gasteiger partial charge in [-0.25, -0.2) is 13.8 Å². The van der Waals surface area contributed by atoms with E-state index in [9.17, 15) is 8.78 Å². The number of nitrogens with zero attached hydrogens (tertiary/aromatic N) is 1. The molecule has 0 radical (unpaired) electrons. The van der Waals surface area contributed by atoms with Crippen molar-refractivity contribution in [2.24, 2.45) is 5.73 Å². The Morgan fingerprint density at radius 3 is 2.68 bits per heavy atom. The molecule has 0 spiro atoms. The van der Waals surface area contributed by atoms with Gasteiger partial charge < -0.3 is 10.5 Å². The van der Waals surface area contributed by atoms with Crippen molar-refractivity contribution in [2.75, 3.05) is 0 Å². The van der Waals surface area contributed by atoms with E-state index < -0.39 is 11.6 Å². The fourth-order valence-electron chi connectivity index (χ4n) is 1.37. The van der Waals surface area contributed by atoms with Gasteiger partial charge in [0.2, 0.25) is 5.88 Å². The monoisotopic (exact) mass is 283 g/mol. The Kier molecular flexibility index (Phi) is 3.62. The molecule has 0 aliphatic rings. The van der Waals surface area contributed by atoms with Gasteiger partial charge in [-0.1, -0.05) is 11.6 Å². The van der Waals surface area contributed by atoms with Crippen LogP contribution in [0.1, 0.15) is 5.56 Å². The highest BCUT2D eigenvalue weighted by molar-refractivity contribution is 6.35. The lowest BCUT2D eigenvalue weighted by Crippen LogP contribution is -2.12. The van der Waals surface area contributed by atoms with Crippen LogP contribution in [0.3, 0.4) is 0 Å². The highest BCUT2D eigenvalue weighted by Gasteiger charge is 2.14. The van der Waals surface area contributed by atoms with Crippen molar-refractivity contribution in [3.05, 3.63) is 52.7 Å². The number of amidine groups is 1. The fourth-order valence-corrected chi connectivity index (χ4v) is 1.62. The third-order valence-corrected chi connectivity index (χ3v) is 2.61. The quantitative estimate of drug-likeness (QED) is 0.671. The lowest BCUT2D eigenvalue weighted by Gasteiger charge is -2.09. The molecular formula is C12H8ClF2N3O. The summed E-state index contributed by atoms with van der Waals surface area (Å²) in [5, 5.41) is 7.29. The molecule has 7 heteroatoms. The molecule has 0 unspecified atom stereocenters. The molecule has 0 saturated carbocycles. The van der Waals surface area contributed by atoms with E-state index in [4.69, 9.17) is 27.5 Å². The number of halogens is 3. The zero-order valence-electron chi connectivity index (χ0n) is 9.45. The Hall–Kier alpha value is -2.21. The van der Waals surface area contributed by atoms with Gasteiger partial charge in [0.05, 0.1) is 0 Å². The van der Waals surface area contributed by atoms with E-state index in [-0.39, 0.29) is 28.1 Å². The molecule has 0 fully saturated rings. The maximum Gasteiger partial charge on any atom is 0.239 e. The van der Waals surface area contributed by atoms with Gasteiger partial charge in [0.1, 0.15) is 16.7 Å². The molecule has 0 saturated heterocycles. The first-order valence-electron chi connectivity index (χ1n) is 5.11. The van der Waals surface area contributed by atoms with Crippen LogP contribution in [0.15, 0.2) is 30.5 Å². The summed E-state index contributed by atoms with van der Waals surface area (Å²) in [6, 6.07) is 4.26. The van der Waals surface area contributed by atoms with Crippen molar-refractivity contribution < 1.29 is 13.5 Å². The largest absolute Gasteiger partial charge is 0.434 e. The van der Waals surface area contributed by atoms with Crippen molar-refractivity contribution in [1.29, 1.82) is 5.41 Å². The highest BCUT2D eigenvalue weighted by atomic mass is 35.5. The Morgan fingerprint density at radius 2 is 2.05 bits per heavy atom. The minimum Gasteiger partial charge on any atom is -0.434 e. The van der Waals surface area contributed by atoms with E-state index in [1.54, 1.807) is 0 Å². The predicted molar refractivity (Wildman–Crippen MR) is 66.7 cm³/mol. The number of rotatable bonds is 3. The number of nitrogens with two attached hydrogens (primary N) is 1. The Balaban J connectivity index is 2.38. The average molecular weight is 284 g/mol. The molecule has 1 aromatic carbocycles. The van der Waals surface area contributed by atoms with Gasteiger partial charge in [0.15, 0.2) is 11.6 Å². The highest BCUT2D eigenvalue weighted by Crippen LogP contribution is 2.31. The minimum absolute atomic E-state index is 0.0151. The average Bonchev–Trinajstić information content (AvgIpc) is 2.34. The van der Waals surface area contributed by atoms with Crippen molar-refractivity contribution >= 4 is 17.4 Å². The van der Waals surface area contributed by atoms with Gasteiger partial charge in [-0.2, -0.15) is 0 Å². The first-order chi connectivity index (χ1) is 8.99. The topological polar surface area (TPSA) is 72.0 Å². The van der Waals surface area contributed by atoms with Gasteiger partial charge in [-0.15, -0.1) is 0 Å². The van der Waals surface area contributed by atoms with Gasteiger partial charge >= 0.3 is 0 Å². The normalized spacial score (nSPS) is 10.3. The maximum atomic E-state index is 13.4. The predicted octanol–water partition coefficient (Wildman–Crippen LogP) is 3.09. The lowest BCUT2D eigenvalue weighted by molar-refractivity contribution is 0.424. The van der Waals surface area contributed by atoms with Crippen LogP contribution in [-0.2, 0) is 0 Å². The van der Waals surface area contributed by atoms with Crippen molar-refractivity contribution in [3.63, 3.8) is 0 Å². The van der Waals surface area contributed by atoms with Gasteiger partial charge in [-0.3, -0.25) is 5.41 Å². The first kappa shape index (κ1) is 13.2. The number of nitrogens with one attached hydrogen (secondary N) is 1. The Bertz CT molecular complexity index is 649. The molecule has 0 bridgehead atoms. The number of aromatic nitrogens is 1. The lowest BCUT2D eigenvalue weighted by atomic mass is 10.2. The second kappa shape index (κ2) is 5.19. The van der Waals surface area contributed by atoms with E-state index in [0.29, 0.717) is 6.07 Å². The maximum absolute atomic E-state index is 13.4. The molecule has 0 aliphatic heterocycles. The smallest absolute Gasteiger partial charge is 0.239 e. The number of nitrogen functional groups attached to an aromatic ring is 1. The van der Waals surface area contributed by atoms with E-state index in [1.165, 1.54) is 12.3 Å². The van der Waals surface area contributed by atoms with Crippen LogP contribution in [0.5, 0.6) is 11.6 Å². The summed E-state index contributed by atoms with van der Waals surface area (Å²) >= 11 is 5.93. The minimum atomic E-state index is -0.883. The summed E-state index contributed by atoms with van der Waals surface area (Å²) in [5.41, 5.74) is 5.54. The van der Waals surface area contributed by atoms with Crippen molar-refractivity contribution in [3.8, 4) is 11.6 Å². The summed E-state index contributed by atoms with van der Waals surface area (Å²) in [6.45, 7) is 0. The number of hydrogen-bond donors (Lipinski definition) is 2. The number of ether oxygens (including phenoxy) is 1. The summed E-state index contributed by atoms with van der Waals surface area (Å²) in [5.74, 6) is -2.21. The number of pyridine rings is 1. The molecule has 19 heavy (non-hydrogen) atoms. The van der Waals surface area contributed by atoms with E-state index in [2.05, 4.69) is 4.98 Å². The van der Waals surface area contributed by atoms with E-state index >= 15 is 0 Å². The zero-order chi connectivity index (χ0) is 14.0. The molecule has 2 aromatic rings. The molecule has 1 aromatic heterocycles. The summed E-state index contributed by atoms with van der Waals surface area (Å²) in [7, 11) is 0. The van der Waals surface area contributed by atoms with Gasteiger partial charge in [0, 0.05) is 17.8 Å². The summed E-state index contributed by atoms with van der Waals surface area (Å²) < 4.78 is 31.3. The van der Waals surface area contributed by atoms with Crippen molar-refractivity contribution in [1.82, 2.24) is 4.98 Å². The van der Waals surface area contributed by atoms with Crippen LogP contribution in [0.4, 0.5) is 8.78 Å². The molecule has 4 nitrogen and oxygen atoms in total. The molecule has 0 amide bonds. The fraction of sp³-hybridized carbons (Fsp3) is 0. The van der Waals surface area contributed by atoms with E-state index in [0.717, 1.165) is 12.1 Å². The second-order valence-electron chi connectivity index (χ2n) is 3.57. The summed E-state index contributed by atoms with van der Waals surface area (Å²) in [4.78, 5) is 3.81. The van der Waals surface area contributed by atoms with Gasteiger partial charge in [-0.05, 0) is 18.2 Å². The standard InChI is InChI=1S/C12H8ClF2N3O/c13-10-7(11(16)17)3-4-18-12(10)19-9-2-1-6(14)5-8(9)15/h1-5H,(H3,16,17). The second-order valence-corrected chi connectivity index (χ2v) is 3.95. The zero-order valence-corrected chi connectivity index (χ0v) is 10.2. The molecule has 1 heterocycles. The molecular weight excluding hydrogens is 276 g/mol. The van der Waals surface area contributed by atoms with Crippen LogP contribution >= 0.6 is 11.6 Å². The molecule has 0 aliphatic carbocycles. The van der Waals surface area contributed by atoms with E-state index in [1.807, 2.05) is 0 Å². The third kappa shape index (κ3) is 2.79. The molecule has 3 N–H and O–H groups in total. The van der Waals surface area contributed by atoms with Crippen LogP contribution < -0.4 is 10.5 Å². The summed E-state index contributed by atoms with van der Waals surface area (Å²) in [6.07, 6.45) is 1.32. The van der Waals surface area contributed by atoms with Crippen LogP contribution in [0.25, 0.3) is 0 Å². The first-order valence-corrected chi connectivity index (χ1v) is 5.48. The molecule has 98 valence electrons. The number of benzene rings is 1. The van der Waals surface area contributed by atoms with Crippen LogP contribution in [0.2, 0.25) is 5.02 Å². The Morgan fingerprint density at radius 1 is 1.32 bits per heavy atom.